The molecular weight excluding hydrogens is 507 g/mol. The number of nitrogens with one attached hydrogen (secondary N) is 1. The van der Waals surface area contributed by atoms with E-state index in [1.165, 1.54) is 29.2 Å². The highest BCUT2D eigenvalue weighted by Crippen LogP contribution is 2.34. The van der Waals surface area contributed by atoms with Crippen LogP contribution in [0.25, 0.3) is 0 Å². The molecule has 9 nitrogen and oxygen atoms in total. The summed E-state index contributed by atoms with van der Waals surface area (Å²) in [4.78, 5) is 42.9. The summed E-state index contributed by atoms with van der Waals surface area (Å²) in [7, 11) is 3.80. The van der Waals surface area contributed by atoms with Crippen LogP contribution in [-0.2, 0) is 4.79 Å². The van der Waals surface area contributed by atoms with E-state index in [9.17, 15) is 18.8 Å². The zero-order valence-corrected chi connectivity index (χ0v) is 22.1. The van der Waals surface area contributed by atoms with Crippen molar-refractivity contribution in [2.45, 2.75) is 44.2 Å². The van der Waals surface area contributed by atoms with E-state index >= 15 is 0 Å². The number of carbonyl (C=O) groups is 3. The van der Waals surface area contributed by atoms with Crippen molar-refractivity contribution < 1.29 is 18.8 Å². The molecule has 1 aliphatic carbocycles. The van der Waals surface area contributed by atoms with Crippen LogP contribution in [0.1, 0.15) is 63.9 Å². The van der Waals surface area contributed by atoms with Crippen molar-refractivity contribution in [3.05, 3.63) is 70.5 Å². The first kappa shape index (κ1) is 27.1. The maximum absolute atomic E-state index is 14.1. The second-order valence-electron chi connectivity index (χ2n) is 9.52. The molecule has 3 aromatic rings. The fourth-order valence-corrected chi connectivity index (χ4v) is 5.37. The van der Waals surface area contributed by atoms with Gasteiger partial charge in [0.1, 0.15) is 16.7 Å². The third-order valence-corrected chi connectivity index (χ3v) is 7.51. The number of nitrogens with two attached hydrogens (primary N) is 2. The lowest BCUT2D eigenvalue weighted by Crippen LogP contribution is -2.47. The minimum absolute atomic E-state index is 0.0140. The number of anilines is 3. The molecule has 2 aromatic carbocycles. The predicted octanol–water partition coefficient (Wildman–Crippen LogP) is 3.87. The fraction of sp³-hybridized carbons (Fsp3) is 0.333. The standard InChI is InChI=1S/C27H31FN6O3S/c1-33(2)19-12-8-16(9-13-19)23(26(36)31-18-6-4-3-5-7-18)34(20-14-10-17(28)11-15-20)27(37)24-21(29)22(25(30)35)32-38-24/h8-15,18,23H,3-7,29H2,1-2H3,(H2,30,35)(H,31,36)/t23-/m1/s1. The molecule has 1 aliphatic rings. The van der Waals surface area contributed by atoms with Gasteiger partial charge in [-0.1, -0.05) is 31.4 Å². The number of benzene rings is 2. The SMILES string of the molecule is CN(C)c1ccc([C@H](C(=O)NC2CCCCC2)N(C(=O)c2snc(C(N)=O)c2N)c2ccc(F)cc2)cc1. The number of halogens is 1. The van der Waals surface area contributed by atoms with Crippen molar-refractivity contribution in [3.8, 4) is 0 Å². The van der Waals surface area contributed by atoms with Gasteiger partial charge in [-0.2, -0.15) is 4.37 Å². The van der Waals surface area contributed by atoms with Crippen LogP contribution < -0.4 is 26.6 Å². The highest BCUT2D eigenvalue weighted by molar-refractivity contribution is 7.09. The van der Waals surface area contributed by atoms with Crippen LogP contribution in [0.15, 0.2) is 48.5 Å². The van der Waals surface area contributed by atoms with E-state index in [1.807, 2.05) is 31.1 Å². The molecule has 0 spiro atoms. The van der Waals surface area contributed by atoms with E-state index in [2.05, 4.69) is 9.69 Å². The highest BCUT2D eigenvalue weighted by atomic mass is 32.1. The van der Waals surface area contributed by atoms with Gasteiger partial charge in [-0.15, -0.1) is 0 Å². The van der Waals surface area contributed by atoms with E-state index in [1.54, 1.807) is 12.1 Å². The number of rotatable bonds is 8. The average molecular weight is 539 g/mol. The Bertz CT molecular complexity index is 1300. The van der Waals surface area contributed by atoms with Crippen LogP contribution in [0, 0.1) is 5.82 Å². The van der Waals surface area contributed by atoms with Crippen LogP contribution in [0.5, 0.6) is 0 Å². The van der Waals surface area contributed by atoms with E-state index in [0.29, 0.717) is 5.56 Å². The predicted molar refractivity (Wildman–Crippen MR) is 147 cm³/mol. The molecule has 3 amide bonds. The van der Waals surface area contributed by atoms with Crippen molar-refractivity contribution >= 4 is 46.3 Å². The third-order valence-electron chi connectivity index (χ3n) is 6.66. The summed E-state index contributed by atoms with van der Waals surface area (Å²) in [6, 6.07) is 11.4. The van der Waals surface area contributed by atoms with Gasteiger partial charge in [0.15, 0.2) is 5.69 Å². The van der Waals surface area contributed by atoms with Crippen molar-refractivity contribution in [3.63, 3.8) is 0 Å². The Morgan fingerprint density at radius 2 is 1.61 bits per heavy atom. The molecule has 1 atom stereocenters. The minimum atomic E-state index is -1.11. The number of nitrogens with zero attached hydrogens (tertiary/aromatic N) is 3. The Labute approximate surface area is 224 Å². The molecule has 0 radical (unpaired) electrons. The monoisotopic (exact) mass is 538 g/mol. The first-order chi connectivity index (χ1) is 18.2. The molecule has 1 fully saturated rings. The van der Waals surface area contributed by atoms with Gasteiger partial charge in [0.25, 0.3) is 11.8 Å². The van der Waals surface area contributed by atoms with Crippen molar-refractivity contribution in [1.82, 2.24) is 9.69 Å². The smallest absolute Gasteiger partial charge is 0.273 e. The lowest BCUT2D eigenvalue weighted by molar-refractivity contribution is -0.123. The fourth-order valence-electron chi connectivity index (χ4n) is 4.62. The third kappa shape index (κ3) is 5.77. The largest absolute Gasteiger partial charge is 0.395 e. The van der Waals surface area contributed by atoms with E-state index in [4.69, 9.17) is 11.5 Å². The molecule has 0 aliphatic heterocycles. The summed E-state index contributed by atoms with van der Waals surface area (Å²) < 4.78 is 17.8. The van der Waals surface area contributed by atoms with E-state index in [0.717, 1.165) is 49.3 Å². The summed E-state index contributed by atoms with van der Waals surface area (Å²) in [6.07, 6.45) is 4.86. The van der Waals surface area contributed by atoms with Gasteiger partial charge in [0.2, 0.25) is 5.91 Å². The number of hydrogen-bond donors (Lipinski definition) is 3. The summed E-state index contributed by atoms with van der Waals surface area (Å²) in [5.41, 5.74) is 12.8. The lowest BCUT2D eigenvalue weighted by Gasteiger charge is -2.33. The maximum atomic E-state index is 14.1. The van der Waals surface area contributed by atoms with Crippen molar-refractivity contribution in [1.29, 1.82) is 0 Å². The molecule has 38 heavy (non-hydrogen) atoms. The zero-order chi connectivity index (χ0) is 27.4. The first-order valence-corrected chi connectivity index (χ1v) is 13.2. The van der Waals surface area contributed by atoms with Gasteiger partial charge in [0.05, 0.1) is 5.69 Å². The Hall–Kier alpha value is -3.99. The average Bonchev–Trinajstić information content (AvgIpc) is 3.29. The van der Waals surface area contributed by atoms with E-state index < -0.39 is 23.7 Å². The molecule has 0 bridgehead atoms. The number of primary amides is 1. The number of nitrogen functional groups attached to an aromatic ring is 1. The molecular formula is C27H31FN6O3S. The van der Waals surface area contributed by atoms with Crippen LogP contribution in [0.3, 0.4) is 0 Å². The minimum Gasteiger partial charge on any atom is -0.395 e. The normalized spacial score (nSPS) is 14.5. The molecule has 1 aromatic heterocycles. The second-order valence-corrected chi connectivity index (χ2v) is 10.3. The van der Waals surface area contributed by atoms with Crippen LogP contribution >= 0.6 is 11.5 Å². The Morgan fingerprint density at radius 3 is 2.16 bits per heavy atom. The summed E-state index contributed by atoms with van der Waals surface area (Å²) >= 11 is 0.726. The van der Waals surface area contributed by atoms with Gasteiger partial charge in [-0.05, 0) is 66.3 Å². The number of amides is 3. The van der Waals surface area contributed by atoms with Gasteiger partial charge >= 0.3 is 0 Å². The highest BCUT2D eigenvalue weighted by Gasteiger charge is 2.37. The number of carbonyl (C=O) groups excluding carboxylic acids is 3. The molecule has 1 heterocycles. The van der Waals surface area contributed by atoms with Gasteiger partial charge in [0, 0.05) is 31.5 Å². The molecule has 1 saturated carbocycles. The summed E-state index contributed by atoms with van der Waals surface area (Å²) in [5, 5.41) is 3.13. The van der Waals surface area contributed by atoms with Crippen LogP contribution in [0.2, 0.25) is 0 Å². The summed E-state index contributed by atoms with van der Waals surface area (Å²) in [6.45, 7) is 0. The zero-order valence-electron chi connectivity index (χ0n) is 21.3. The molecule has 5 N–H and O–H groups in total. The van der Waals surface area contributed by atoms with Crippen LogP contribution in [0.4, 0.5) is 21.5 Å². The maximum Gasteiger partial charge on any atom is 0.273 e. The van der Waals surface area contributed by atoms with Gasteiger partial charge in [-0.25, -0.2) is 4.39 Å². The Kier molecular flexibility index (Phi) is 8.26. The van der Waals surface area contributed by atoms with Crippen molar-refractivity contribution in [2.24, 2.45) is 5.73 Å². The van der Waals surface area contributed by atoms with E-state index in [-0.39, 0.29) is 33.9 Å². The second kappa shape index (κ2) is 11.6. The Balaban J connectivity index is 1.84. The molecule has 0 saturated heterocycles. The number of aromatic nitrogens is 1. The van der Waals surface area contributed by atoms with Gasteiger partial charge < -0.3 is 21.7 Å². The van der Waals surface area contributed by atoms with Gasteiger partial charge in [-0.3, -0.25) is 19.3 Å². The molecule has 0 unspecified atom stereocenters. The Morgan fingerprint density at radius 1 is 1.00 bits per heavy atom. The topological polar surface area (TPSA) is 135 Å². The van der Waals surface area contributed by atoms with Crippen LogP contribution in [-0.4, -0.2) is 42.2 Å². The number of hydrogen-bond acceptors (Lipinski definition) is 7. The summed E-state index contributed by atoms with van der Waals surface area (Å²) in [5.74, 6) is -2.38. The lowest BCUT2D eigenvalue weighted by atomic mass is 9.94. The molecule has 11 heteroatoms. The van der Waals surface area contributed by atoms with Crippen molar-refractivity contribution in [2.75, 3.05) is 29.6 Å². The molecule has 200 valence electrons. The first-order valence-electron chi connectivity index (χ1n) is 12.4. The molecule has 4 rings (SSSR count). The quantitative estimate of drug-likeness (QED) is 0.399.